The van der Waals surface area contributed by atoms with Gasteiger partial charge in [0.05, 0.1) is 11.9 Å². The molecule has 0 fully saturated rings. The third-order valence-electron chi connectivity index (χ3n) is 4.51. The van der Waals surface area contributed by atoms with E-state index in [1.54, 1.807) is 28.8 Å². The quantitative estimate of drug-likeness (QED) is 0.410. The summed E-state index contributed by atoms with van der Waals surface area (Å²) in [6.45, 7) is 0. The second-order valence-electron chi connectivity index (χ2n) is 6.39. The van der Waals surface area contributed by atoms with Crippen LogP contribution in [0.2, 0.25) is 10.0 Å². The van der Waals surface area contributed by atoms with Crippen molar-refractivity contribution in [3.8, 4) is 11.4 Å². The summed E-state index contributed by atoms with van der Waals surface area (Å²) in [6, 6.07) is 22.9. The molecule has 0 saturated heterocycles. The fourth-order valence-electron chi connectivity index (χ4n) is 3.18. The smallest absolute Gasteiger partial charge is 0.315 e. The first-order valence-electron chi connectivity index (χ1n) is 8.88. The first-order chi connectivity index (χ1) is 14.0. The topological polar surface area (TPSA) is 48.3 Å². The van der Waals surface area contributed by atoms with Crippen LogP contribution in [0.4, 0.5) is 0 Å². The molecule has 0 unspecified atom stereocenters. The molecule has 0 radical (unpaired) electrons. The standard InChI is InChI=1S/C23H15Cl2NO3/c24-18-10-6-11-19(25)17(18)13-23(28)29-21-14-22(27)26(15-7-2-1-3-8-15)20-12-5-4-9-16(20)21/h1-12,14H,13H2. The monoisotopic (exact) mass is 423 g/mol. The Bertz CT molecular complexity index is 1250. The summed E-state index contributed by atoms with van der Waals surface area (Å²) < 4.78 is 7.12. The van der Waals surface area contributed by atoms with Crippen molar-refractivity contribution in [1.29, 1.82) is 0 Å². The molecule has 3 aromatic carbocycles. The van der Waals surface area contributed by atoms with Crippen molar-refractivity contribution in [3.05, 3.63) is 105 Å². The molecule has 0 aliphatic heterocycles. The lowest BCUT2D eigenvalue weighted by Gasteiger charge is -2.14. The van der Waals surface area contributed by atoms with E-state index in [9.17, 15) is 9.59 Å². The van der Waals surface area contributed by atoms with Gasteiger partial charge in [0.2, 0.25) is 0 Å². The molecular formula is C23H15Cl2NO3. The third-order valence-corrected chi connectivity index (χ3v) is 5.21. The van der Waals surface area contributed by atoms with Gasteiger partial charge in [-0.3, -0.25) is 14.2 Å². The van der Waals surface area contributed by atoms with Crippen molar-refractivity contribution in [3.63, 3.8) is 0 Å². The van der Waals surface area contributed by atoms with Gasteiger partial charge in [-0.05, 0) is 36.4 Å². The number of hydrogen-bond acceptors (Lipinski definition) is 3. The minimum atomic E-state index is -0.554. The lowest BCUT2D eigenvalue weighted by atomic mass is 10.1. The first kappa shape index (κ1) is 19.2. The van der Waals surface area contributed by atoms with Crippen LogP contribution in [0, 0.1) is 0 Å². The predicted octanol–water partition coefficient (Wildman–Crippen LogP) is 5.45. The Kier molecular flexibility index (Phi) is 5.38. The van der Waals surface area contributed by atoms with Gasteiger partial charge in [0.25, 0.3) is 5.56 Å². The van der Waals surface area contributed by atoms with Crippen molar-refractivity contribution < 1.29 is 9.53 Å². The van der Waals surface area contributed by atoms with E-state index < -0.39 is 5.97 Å². The van der Waals surface area contributed by atoms with Crippen molar-refractivity contribution in [2.45, 2.75) is 6.42 Å². The number of esters is 1. The van der Waals surface area contributed by atoms with Gasteiger partial charge in [-0.25, -0.2) is 0 Å². The van der Waals surface area contributed by atoms with Gasteiger partial charge in [0.1, 0.15) is 5.75 Å². The van der Waals surface area contributed by atoms with Gasteiger partial charge < -0.3 is 4.74 Å². The number of nitrogens with zero attached hydrogens (tertiary/aromatic N) is 1. The van der Waals surface area contributed by atoms with Gasteiger partial charge in [0.15, 0.2) is 0 Å². The molecule has 0 N–H and O–H groups in total. The zero-order valence-corrected chi connectivity index (χ0v) is 16.7. The zero-order chi connectivity index (χ0) is 20.4. The summed E-state index contributed by atoms with van der Waals surface area (Å²) >= 11 is 12.3. The van der Waals surface area contributed by atoms with E-state index >= 15 is 0 Å². The molecule has 144 valence electrons. The van der Waals surface area contributed by atoms with Crippen LogP contribution < -0.4 is 10.3 Å². The summed E-state index contributed by atoms with van der Waals surface area (Å²) in [5.41, 5.74) is 1.57. The molecule has 4 aromatic rings. The van der Waals surface area contributed by atoms with Crippen LogP contribution in [0.15, 0.2) is 83.7 Å². The molecule has 0 aliphatic carbocycles. The van der Waals surface area contributed by atoms with E-state index in [0.717, 1.165) is 5.69 Å². The Morgan fingerprint density at radius 3 is 2.24 bits per heavy atom. The second-order valence-corrected chi connectivity index (χ2v) is 7.20. The average molecular weight is 424 g/mol. The van der Waals surface area contributed by atoms with Crippen LogP contribution in [0.1, 0.15) is 5.56 Å². The summed E-state index contributed by atoms with van der Waals surface area (Å²) in [7, 11) is 0. The maximum Gasteiger partial charge on any atom is 0.315 e. The lowest BCUT2D eigenvalue weighted by Crippen LogP contribution is -2.20. The number of halogens is 2. The molecule has 0 aliphatic rings. The van der Waals surface area contributed by atoms with Gasteiger partial charge in [-0.2, -0.15) is 0 Å². The highest BCUT2D eigenvalue weighted by Crippen LogP contribution is 2.28. The fourth-order valence-corrected chi connectivity index (χ4v) is 3.71. The highest BCUT2D eigenvalue weighted by atomic mass is 35.5. The number of para-hydroxylation sites is 2. The molecule has 4 rings (SSSR count). The molecule has 0 spiro atoms. The maximum absolute atomic E-state index is 12.8. The van der Waals surface area contributed by atoms with E-state index in [1.165, 1.54) is 6.07 Å². The second kappa shape index (κ2) is 8.11. The molecule has 1 heterocycles. The number of ether oxygens (including phenoxy) is 1. The van der Waals surface area contributed by atoms with Gasteiger partial charge in [-0.15, -0.1) is 0 Å². The van der Waals surface area contributed by atoms with Crippen LogP contribution in [0.25, 0.3) is 16.6 Å². The average Bonchev–Trinajstić information content (AvgIpc) is 2.72. The minimum Gasteiger partial charge on any atom is -0.425 e. The van der Waals surface area contributed by atoms with E-state index in [0.29, 0.717) is 26.5 Å². The number of carbonyl (C=O) groups excluding carboxylic acids is 1. The highest BCUT2D eigenvalue weighted by molar-refractivity contribution is 6.36. The molecular weight excluding hydrogens is 409 g/mol. The van der Waals surface area contributed by atoms with Crippen molar-refractivity contribution in [1.82, 2.24) is 4.57 Å². The fraction of sp³-hybridized carbons (Fsp3) is 0.0435. The molecule has 1 aromatic heterocycles. The molecule has 0 bridgehead atoms. The van der Waals surface area contributed by atoms with Gasteiger partial charge in [0, 0.05) is 32.7 Å². The molecule has 6 heteroatoms. The summed E-state index contributed by atoms with van der Waals surface area (Å²) in [4.78, 5) is 25.4. The molecule has 0 amide bonds. The molecule has 4 nitrogen and oxygen atoms in total. The lowest BCUT2D eigenvalue weighted by molar-refractivity contribution is -0.133. The van der Waals surface area contributed by atoms with E-state index in [1.807, 2.05) is 48.5 Å². The van der Waals surface area contributed by atoms with Crippen molar-refractivity contribution in [2.24, 2.45) is 0 Å². The number of aromatic nitrogens is 1. The van der Waals surface area contributed by atoms with E-state index in [2.05, 4.69) is 0 Å². The Balaban J connectivity index is 1.74. The van der Waals surface area contributed by atoms with Crippen LogP contribution in [0.3, 0.4) is 0 Å². The van der Waals surface area contributed by atoms with Crippen molar-refractivity contribution in [2.75, 3.05) is 0 Å². The SMILES string of the molecule is O=C(Cc1c(Cl)cccc1Cl)Oc1cc(=O)n(-c2ccccc2)c2ccccc12. The normalized spacial score (nSPS) is 10.8. The van der Waals surface area contributed by atoms with E-state index in [4.69, 9.17) is 27.9 Å². The largest absolute Gasteiger partial charge is 0.425 e. The molecule has 0 saturated carbocycles. The zero-order valence-electron chi connectivity index (χ0n) is 15.1. The minimum absolute atomic E-state index is 0.103. The third kappa shape index (κ3) is 3.90. The molecule has 29 heavy (non-hydrogen) atoms. The number of pyridine rings is 1. The Morgan fingerprint density at radius 1 is 0.862 bits per heavy atom. The Hall–Kier alpha value is -3.08. The van der Waals surface area contributed by atoms with E-state index in [-0.39, 0.29) is 17.7 Å². The van der Waals surface area contributed by atoms with Crippen LogP contribution in [-0.4, -0.2) is 10.5 Å². The number of hydrogen-bond donors (Lipinski definition) is 0. The number of benzene rings is 3. The van der Waals surface area contributed by atoms with Crippen LogP contribution >= 0.6 is 23.2 Å². The predicted molar refractivity (Wildman–Crippen MR) is 115 cm³/mol. The van der Waals surface area contributed by atoms with Crippen molar-refractivity contribution >= 4 is 40.1 Å². The van der Waals surface area contributed by atoms with Gasteiger partial charge in [-0.1, -0.05) is 59.6 Å². The number of fused-ring (bicyclic) bond motifs is 1. The Morgan fingerprint density at radius 2 is 1.52 bits per heavy atom. The summed E-state index contributed by atoms with van der Waals surface area (Å²) in [5, 5.41) is 1.42. The number of carbonyl (C=O) groups is 1. The highest BCUT2D eigenvalue weighted by Gasteiger charge is 2.16. The Labute approximate surface area is 176 Å². The molecule has 0 atom stereocenters. The maximum atomic E-state index is 12.8. The van der Waals surface area contributed by atoms with Gasteiger partial charge >= 0.3 is 5.97 Å². The van der Waals surface area contributed by atoms with Crippen LogP contribution in [-0.2, 0) is 11.2 Å². The summed E-state index contributed by atoms with van der Waals surface area (Å²) in [6.07, 6.45) is -0.103. The first-order valence-corrected chi connectivity index (χ1v) is 9.64. The summed E-state index contributed by atoms with van der Waals surface area (Å²) in [5.74, 6) is -0.354. The van der Waals surface area contributed by atoms with Crippen LogP contribution in [0.5, 0.6) is 5.75 Å². The number of rotatable bonds is 4.